The molecule has 1 aliphatic rings. The van der Waals surface area contributed by atoms with E-state index in [9.17, 15) is 9.90 Å². The number of aliphatic hydroxyl groups excluding tert-OH is 1. The average molecular weight is 497 g/mol. The number of rotatable bonds is 9. The van der Waals surface area contributed by atoms with Crippen LogP contribution in [0.2, 0.25) is 5.02 Å². The van der Waals surface area contributed by atoms with Gasteiger partial charge in [-0.15, -0.1) is 0 Å². The molecule has 0 bridgehead atoms. The maximum Gasteiger partial charge on any atom is 0.339 e. The number of β-amino-alcohol motifs (C(OH)–C–C–N with tert-alkyl or cyclic N) is 1. The number of methoxy groups -OCH3 is 1. The summed E-state index contributed by atoms with van der Waals surface area (Å²) in [4.78, 5) is 19.4. The van der Waals surface area contributed by atoms with Crippen LogP contribution in [0.15, 0.2) is 73.1 Å². The molecule has 35 heavy (non-hydrogen) atoms. The third-order valence-electron chi connectivity index (χ3n) is 6.19. The topological polar surface area (TPSA) is 81.1 Å². The van der Waals surface area contributed by atoms with Crippen molar-refractivity contribution in [3.05, 3.63) is 89.2 Å². The minimum Gasteiger partial charge on any atom is -0.493 e. The number of piperidine rings is 1. The highest BCUT2D eigenvalue weighted by Crippen LogP contribution is 2.37. The van der Waals surface area contributed by atoms with Gasteiger partial charge in [-0.3, -0.25) is 4.98 Å². The summed E-state index contributed by atoms with van der Waals surface area (Å²) in [5.74, 6) is 0.822. The molecule has 1 aliphatic heterocycles. The van der Waals surface area contributed by atoms with Crippen molar-refractivity contribution in [2.45, 2.75) is 24.5 Å². The van der Waals surface area contributed by atoms with Crippen LogP contribution in [0.3, 0.4) is 0 Å². The fourth-order valence-corrected chi connectivity index (χ4v) is 4.40. The third-order valence-corrected chi connectivity index (χ3v) is 6.44. The van der Waals surface area contributed by atoms with E-state index in [1.165, 1.54) is 0 Å². The Balaban J connectivity index is 1.38. The summed E-state index contributed by atoms with van der Waals surface area (Å²) in [6.45, 7) is 1.89. The molecule has 4 rings (SSSR count). The van der Waals surface area contributed by atoms with E-state index in [1.807, 2.05) is 36.4 Å². The summed E-state index contributed by atoms with van der Waals surface area (Å²) >= 11 is 5.96. The van der Waals surface area contributed by atoms with Crippen molar-refractivity contribution in [3.63, 3.8) is 0 Å². The van der Waals surface area contributed by atoms with Gasteiger partial charge in [-0.1, -0.05) is 29.8 Å². The molecular formula is C27H29ClN2O5. The number of carbonyl (C=O) groups is 1. The number of esters is 1. The molecule has 1 fully saturated rings. The molecule has 1 aromatic heterocycles. The maximum absolute atomic E-state index is 13.0. The predicted octanol–water partition coefficient (Wildman–Crippen LogP) is 4.33. The molecule has 7 nitrogen and oxygen atoms in total. The highest BCUT2D eigenvalue weighted by atomic mass is 35.5. The lowest BCUT2D eigenvalue weighted by Crippen LogP contribution is -2.48. The minimum atomic E-state index is -0.791. The van der Waals surface area contributed by atoms with Crippen molar-refractivity contribution in [3.8, 4) is 11.5 Å². The molecule has 184 valence electrons. The number of pyridine rings is 1. The number of carbonyl (C=O) groups excluding carboxylic acids is 1. The van der Waals surface area contributed by atoms with Crippen LogP contribution in [0.5, 0.6) is 11.5 Å². The molecule has 0 amide bonds. The van der Waals surface area contributed by atoms with Crippen molar-refractivity contribution in [1.29, 1.82) is 0 Å². The van der Waals surface area contributed by atoms with Crippen LogP contribution in [0.1, 0.15) is 28.8 Å². The molecular weight excluding hydrogens is 468 g/mol. The van der Waals surface area contributed by atoms with E-state index in [4.69, 9.17) is 25.8 Å². The van der Waals surface area contributed by atoms with Gasteiger partial charge < -0.3 is 24.2 Å². The quantitative estimate of drug-likeness (QED) is 0.441. The third kappa shape index (κ3) is 6.31. The van der Waals surface area contributed by atoms with Crippen molar-refractivity contribution in [2.24, 2.45) is 0 Å². The number of hydrogen-bond acceptors (Lipinski definition) is 7. The number of hydrogen-bond donors (Lipinski definition) is 1. The summed E-state index contributed by atoms with van der Waals surface area (Å²) in [6.07, 6.45) is 3.94. The first-order valence-electron chi connectivity index (χ1n) is 11.5. The number of halogens is 1. The second kappa shape index (κ2) is 11.5. The molecule has 1 saturated heterocycles. The second-order valence-corrected chi connectivity index (χ2v) is 8.99. The molecule has 8 heteroatoms. The number of para-hydroxylation sites is 2. The molecule has 1 N–H and O–H groups in total. The molecule has 0 spiro atoms. The van der Waals surface area contributed by atoms with Gasteiger partial charge in [0.2, 0.25) is 0 Å². The standard InChI is InChI=1S/C27H29ClN2O5/c1-33-24-6-2-3-7-25(24)34-19-23(31)18-30-15-12-27(13-16-30,21-5-4-14-29-17-21)35-26(32)20-8-10-22(28)11-9-20/h2-11,14,17,23,31H,12-13,15-16,18-19H2,1H3. The molecule has 0 radical (unpaired) electrons. The molecule has 0 aliphatic carbocycles. The number of benzene rings is 2. The largest absolute Gasteiger partial charge is 0.493 e. The fraction of sp³-hybridized carbons (Fsp3) is 0.333. The number of aromatic nitrogens is 1. The van der Waals surface area contributed by atoms with Crippen LogP contribution in [0.4, 0.5) is 0 Å². The van der Waals surface area contributed by atoms with Gasteiger partial charge in [0.15, 0.2) is 11.5 Å². The van der Waals surface area contributed by atoms with Gasteiger partial charge in [0.25, 0.3) is 0 Å². The maximum atomic E-state index is 13.0. The van der Waals surface area contributed by atoms with Gasteiger partial charge in [0.05, 0.1) is 12.7 Å². The number of aliphatic hydroxyl groups is 1. The first-order chi connectivity index (χ1) is 17.0. The Bertz CT molecular complexity index is 1100. The van der Waals surface area contributed by atoms with E-state index in [0.717, 1.165) is 5.56 Å². The molecule has 1 unspecified atom stereocenters. The Hall–Kier alpha value is -3.13. The Morgan fingerprint density at radius 3 is 2.46 bits per heavy atom. The Morgan fingerprint density at radius 1 is 1.09 bits per heavy atom. The zero-order valence-corrected chi connectivity index (χ0v) is 20.4. The summed E-state index contributed by atoms with van der Waals surface area (Å²) in [5.41, 5.74) is 0.520. The monoisotopic (exact) mass is 496 g/mol. The van der Waals surface area contributed by atoms with Crippen LogP contribution in [0, 0.1) is 0 Å². The number of nitrogens with zero attached hydrogens (tertiary/aromatic N) is 2. The summed E-state index contributed by atoms with van der Waals surface area (Å²) in [7, 11) is 1.58. The van der Waals surface area contributed by atoms with Crippen LogP contribution < -0.4 is 9.47 Å². The Kier molecular flexibility index (Phi) is 8.23. The molecule has 3 aromatic rings. The van der Waals surface area contributed by atoms with E-state index in [-0.39, 0.29) is 6.61 Å². The lowest BCUT2D eigenvalue weighted by Gasteiger charge is -2.41. The highest BCUT2D eigenvalue weighted by molar-refractivity contribution is 6.30. The van der Waals surface area contributed by atoms with E-state index >= 15 is 0 Å². The van der Waals surface area contributed by atoms with Gasteiger partial charge in [-0.25, -0.2) is 4.79 Å². The smallest absolute Gasteiger partial charge is 0.339 e. The normalized spacial score (nSPS) is 16.3. The van der Waals surface area contributed by atoms with Gasteiger partial charge >= 0.3 is 5.97 Å². The second-order valence-electron chi connectivity index (χ2n) is 8.55. The molecule has 1 atom stereocenters. The summed E-state index contributed by atoms with van der Waals surface area (Å²) in [6, 6.07) is 17.8. The van der Waals surface area contributed by atoms with Gasteiger partial charge in [0, 0.05) is 55.5 Å². The first kappa shape index (κ1) is 25.0. The fourth-order valence-electron chi connectivity index (χ4n) is 4.28. The molecule has 0 saturated carbocycles. The van der Waals surface area contributed by atoms with Crippen LogP contribution in [0.25, 0.3) is 0 Å². The van der Waals surface area contributed by atoms with Gasteiger partial charge in [-0.2, -0.15) is 0 Å². The summed E-state index contributed by atoms with van der Waals surface area (Å²) < 4.78 is 17.2. The van der Waals surface area contributed by atoms with Crippen molar-refractivity contribution in [2.75, 3.05) is 33.4 Å². The minimum absolute atomic E-state index is 0.149. The Morgan fingerprint density at radius 2 is 1.80 bits per heavy atom. The van der Waals surface area contributed by atoms with Crippen molar-refractivity contribution in [1.82, 2.24) is 9.88 Å². The average Bonchev–Trinajstić information content (AvgIpc) is 2.89. The zero-order chi connectivity index (χ0) is 24.7. The van der Waals surface area contributed by atoms with E-state index in [2.05, 4.69) is 9.88 Å². The van der Waals surface area contributed by atoms with Crippen LogP contribution >= 0.6 is 11.6 Å². The van der Waals surface area contributed by atoms with E-state index in [1.54, 1.807) is 43.8 Å². The lowest BCUT2D eigenvalue weighted by molar-refractivity contribution is -0.0614. The molecule has 2 heterocycles. The zero-order valence-electron chi connectivity index (χ0n) is 19.6. The van der Waals surface area contributed by atoms with Crippen LogP contribution in [-0.4, -0.2) is 60.4 Å². The van der Waals surface area contributed by atoms with E-state index in [0.29, 0.717) is 54.6 Å². The SMILES string of the molecule is COc1ccccc1OCC(O)CN1CCC(OC(=O)c2ccc(Cl)cc2)(c2cccnc2)CC1. The van der Waals surface area contributed by atoms with Gasteiger partial charge in [-0.05, 0) is 42.5 Å². The van der Waals surface area contributed by atoms with Gasteiger partial charge in [0.1, 0.15) is 18.3 Å². The highest BCUT2D eigenvalue weighted by Gasteiger charge is 2.40. The first-order valence-corrected chi connectivity index (χ1v) is 11.9. The van der Waals surface area contributed by atoms with Crippen molar-refractivity contribution < 1.29 is 24.1 Å². The summed E-state index contributed by atoms with van der Waals surface area (Å²) in [5, 5.41) is 11.1. The lowest BCUT2D eigenvalue weighted by atomic mass is 9.84. The van der Waals surface area contributed by atoms with Crippen molar-refractivity contribution >= 4 is 17.6 Å². The Labute approximate surface area is 210 Å². The van der Waals surface area contributed by atoms with Crippen LogP contribution in [-0.2, 0) is 10.3 Å². The molecule has 2 aromatic carbocycles. The number of likely N-dealkylation sites (tertiary alicyclic amines) is 1. The van der Waals surface area contributed by atoms with E-state index < -0.39 is 17.7 Å². The predicted molar refractivity (Wildman–Crippen MR) is 133 cm³/mol. The number of ether oxygens (including phenoxy) is 3.